The van der Waals surface area contributed by atoms with Gasteiger partial charge in [-0.2, -0.15) is 4.57 Å². The molecule has 1 aliphatic carbocycles. The molecule has 1 aromatic rings. The second-order valence-corrected chi connectivity index (χ2v) is 7.13. The first-order valence-corrected chi connectivity index (χ1v) is 10.7. The van der Waals surface area contributed by atoms with Crippen LogP contribution >= 0.6 is 0 Å². The molecule has 0 saturated carbocycles. The summed E-state index contributed by atoms with van der Waals surface area (Å²) in [4.78, 5) is 0. The Morgan fingerprint density at radius 1 is 1.03 bits per heavy atom. The average molecular weight is 424 g/mol. The lowest BCUT2D eigenvalue weighted by Gasteiger charge is -2.17. The van der Waals surface area contributed by atoms with Crippen LogP contribution in [0.25, 0.3) is 22.6 Å². The summed E-state index contributed by atoms with van der Waals surface area (Å²) in [6.07, 6.45) is 1.75. The number of hydrogen-bond acceptors (Lipinski definition) is 7. The Bertz CT molecular complexity index is 1010. The van der Waals surface area contributed by atoms with Crippen LogP contribution in [0.2, 0.25) is 0 Å². The maximum absolute atomic E-state index is 8.49. The summed E-state index contributed by atoms with van der Waals surface area (Å²) in [7, 11) is -4.94. The van der Waals surface area contributed by atoms with Gasteiger partial charge in [0.1, 0.15) is 6.54 Å². The van der Waals surface area contributed by atoms with Crippen molar-refractivity contribution in [1.82, 2.24) is 0 Å². The molecule has 3 rings (SSSR count). The molecule has 0 saturated heterocycles. The number of rotatable bonds is 5. The van der Waals surface area contributed by atoms with Crippen molar-refractivity contribution in [2.75, 3.05) is 11.9 Å². The molecule has 0 atom stereocenters. The number of fused-ring (bicyclic) bond motifs is 2. The highest BCUT2D eigenvalue weighted by Crippen LogP contribution is 2.29. The second-order valence-electron chi connectivity index (χ2n) is 6.38. The topological polar surface area (TPSA) is 145 Å². The first kappa shape index (κ1) is 23.1. The Hall–Kier alpha value is -2.23. The fraction of sp³-hybridized carbons (Fsp3) is 0.400. The predicted molar refractivity (Wildman–Crippen MR) is 97.5 cm³/mol. The maximum atomic E-state index is 8.49. The first-order valence-electron chi connectivity index (χ1n) is 9.49. The molecule has 9 heteroatoms. The molecule has 0 spiro atoms. The highest BCUT2D eigenvalue weighted by molar-refractivity contribution is 5.79. The molecule has 1 heterocycles. The van der Waals surface area contributed by atoms with Gasteiger partial charge in [0.25, 0.3) is 5.52 Å². The standard InChI is InChI=1S/C20H26N3O.ClHO4/c1-5-13-11-19-18(12-16(13)22-7-3)23(8-4)17-10-9-15(21)14(6-2)20(17)24-19;2-1(3,4)5/h9-12,21-22H,5-8H2,1-4H3;(H,2,3,4,5)/q+1;/p-1. The predicted octanol–water partition coefficient (Wildman–Crippen LogP) is -0.875. The van der Waals surface area contributed by atoms with Gasteiger partial charge in [0, 0.05) is 29.9 Å². The number of aromatic nitrogens is 1. The zero-order chi connectivity index (χ0) is 21.8. The minimum Gasteiger partial charge on any atom is -0.443 e. The van der Waals surface area contributed by atoms with E-state index in [1.807, 2.05) is 12.1 Å². The number of benzene rings is 2. The van der Waals surface area contributed by atoms with Gasteiger partial charge in [0.05, 0.1) is 5.36 Å². The van der Waals surface area contributed by atoms with Crippen LogP contribution in [0, 0.1) is 15.7 Å². The van der Waals surface area contributed by atoms with Gasteiger partial charge in [-0.15, -0.1) is 10.2 Å². The largest absolute Gasteiger partial charge is 0.443 e. The molecule has 8 nitrogen and oxygen atoms in total. The molecule has 2 aliphatic rings. The van der Waals surface area contributed by atoms with Crippen molar-refractivity contribution in [2.24, 2.45) is 0 Å². The van der Waals surface area contributed by atoms with Crippen molar-refractivity contribution < 1.29 is 37.9 Å². The van der Waals surface area contributed by atoms with Crippen LogP contribution in [0.4, 0.5) is 5.69 Å². The molecule has 0 aromatic heterocycles. The van der Waals surface area contributed by atoms with E-state index >= 15 is 0 Å². The maximum Gasteiger partial charge on any atom is 0.250 e. The van der Waals surface area contributed by atoms with E-state index in [1.165, 1.54) is 11.3 Å². The molecule has 0 bridgehead atoms. The summed E-state index contributed by atoms with van der Waals surface area (Å²) in [6, 6.07) is 8.23. The number of aryl methyl sites for hydroxylation is 2. The highest BCUT2D eigenvalue weighted by Gasteiger charge is 2.25. The van der Waals surface area contributed by atoms with Crippen LogP contribution in [0.1, 0.15) is 38.8 Å². The van der Waals surface area contributed by atoms with Crippen molar-refractivity contribution in [3.8, 4) is 11.5 Å². The Kier molecular flexibility index (Phi) is 7.56. The molecular weight excluding hydrogens is 398 g/mol. The number of halogens is 1. The van der Waals surface area contributed by atoms with Gasteiger partial charge < -0.3 is 15.1 Å². The van der Waals surface area contributed by atoms with E-state index in [0.717, 1.165) is 54.0 Å². The van der Waals surface area contributed by atoms with Crippen molar-refractivity contribution >= 4 is 16.8 Å². The van der Waals surface area contributed by atoms with Gasteiger partial charge in [-0.05, 0) is 44.4 Å². The summed E-state index contributed by atoms with van der Waals surface area (Å²) in [5.74, 6) is 0.845. The highest BCUT2D eigenvalue weighted by atomic mass is 35.7. The third kappa shape index (κ3) is 5.43. The number of nitrogens with zero attached hydrogens (tertiary/aromatic N) is 1. The van der Waals surface area contributed by atoms with Gasteiger partial charge in [0.2, 0.25) is 11.5 Å². The normalized spacial score (nSPS) is 11.4. The van der Waals surface area contributed by atoms with Crippen LogP contribution in [-0.4, -0.2) is 6.54 Å². The Labute approximate surface area is 171 Å². The quantitative estimate of drug-likeness (QED) is 0.402. The Morgan fingerprint density at radius 2 is 1.69 bits per heavy atom. The Balaban J connectivity index is 0.000000537. The minimum absolute atomic E-state index is 0.552. The Morgan fingerprint density at radius 3 is 2.21 bits per heavy atom. The van der Waals surface area contributed by atoms with Crippen LogP contribution in [0.15, 0.2) is 28.7 Å². The molecule has 0 fully saturated rings. The van der Waals surface area contributed by atoms with E-state index in [9.17, 15) is 0 Å². The molecule has 0 amide bonds. The molecule has 158 valence electrons. The zero-order valence-corrected chi connectivity index (χ0v) is 17.8. The third-order valence-electron chi connectivity index (χ3n) is 4.64. The van der Waals surface area contributed by atoms with E-state index in [2.05, 4.69) is 49.7 Å². The molecule has 1 aromatic carbocycles. The van der Waals surface area contributed by atoms with E-state index in [-0.39, 0.29) is 0 Å². The summed E-state index contributed by atoms with van der Waals surface area (Å²) < 4.78 is 42.6. The van der Waals surface area contributed by atoms with E-state index in [0.29, 0.717) is 5.36 Å². The van der Waals surface area contributed by atoms with E-state index in [1.54, 1.807) is 0 Å². The first-order chi connectivity index (χ1) is 13.6. The number of nitrogens with one attached hydrogen (secondary N) is 2. The summed E-state index contributed by atoms with van der Waals surface area (Å²) in [5, 5.41) is 12.2. The summed E-state index contributed by atoms with van der Waals surface area (Å²) in [6.45, 7) is 10.3. The smallest absolute Gasteiger partial charge is 0.250 e. The molecule has 1 aliphatic heterocycles. The minimum atomic E-state index is -4.94. The molecular formula is C20H26ClN3O5. The van der Waals surface area contributed by atoms with Gasteiger partial charge in [-0.1, -0.05) is 13.8 Å². The molecule has 2 N–H and O–H groups in total. The number of anilines is 1. The SMILES string of the molecule is CCNc1cc2c(cc1CC)oc1c(CC)c(=N)ccc-1[n+]2CC.[O-][Cl+3]([O-])([O-])[O-]. The van der Waals surface area contributed by atoms with Crippen molar-refractivity contribution in [1.29, 1.82) is 5.41 Å². The lowest BCUT2D eigenvalue weighted by molar-refractivity contribution is -2.00. The lowest BCUT2D eigenvalue weighted by Crippen LogP contribution is -2.68. The lowest BCUT2D eigenvalue weighted by atomic mass is 10.0. The summed E-state index contributed by atoms with van der Waals surface area (Å²) >= 11 is 0. The van der Waals surface area contributed by atoms with E-state index in [4.69, 9.17) is 28.5 Å². The number of hydrogen-bond donors (Lipinski definition) is 2. The van der Waals surface area contributed by atoms with Gasteiger partial charge >= 0.3 is 0 Å². The monoisotopic (exact) mass is 423 g/mol. The van der Waals surface area contributed by atoms with Gasteiger partial charge in [-0.3, -0.25) is 0 Å². The van der Waals surface area contributed by atoms with Crippen molar-refractivity contribution in [2.45, 2.75) is 47.1 Å². The average Bonchev–Trinajstić information content (AvgIpc) is 2.64. The van der Waals surface area contributed by atoms with Crippen molar-refractivity contribution in [3.05, 3.63) is 40.7 Å². The molecule has 0 radical (unpaired) electrons. The van der Waals surface area contributed by atoms with Crippen molar-refractivity contribution in [3.63, 3.8) is 0 Å². The second kappa shape index (κ2) is 9.51. The summed E-state index contributed by atoms with van der Waals surface area (Å²) in [5.41, 5.74) is 6.46. The van der Waals surface area contributed by atoms with Crippen LogP contribution in [0.3, 0.4) is 0 Å². The van der Waals surface area contributed by atoms with Gasteiger partial charge in [-0.25, -0.2) is 18.6 Å². The zero-order valence-electron chi connectivity index (χ0n) is 17.0. The molecule has 29 heavy (non-hydrogen) atoms. The fourth-order valence-electron chi connectivity index (χ4n) is 3.42. The van der Waals surface area contributed by atoms with E-state index < -0.39 is 10.2 Å². The van der Waals surface area contributed by atoms with Crippen LogP contribution in [0.5, 0.6) is 0 Å². The molecule has 0 unspecified atom stereocenters. The fourth-order valence-corrected chi connectivity index (χ4v) is 3.42. The van der Waals surface area contributed by atoms with Gasteiger partial charge in [0.15, 0.2) is 5.58 Å². The van der Waals surface area contributed by atoms with Crippen LogP contribution in [-0.2, 0) is 19.4 Å². The third-order valence-corrected chi connectivity index (χ3v) is 4.64. The van der Waals surface area contributed by atoms with Crippen LogP contribution < -0.4 is 33.9 Å².